The number of thioether (sulfide) groups is 1. The van der Waals surface area contributed by atoms with Crippen LogP contribution in [0.1, 0.15) is 77.6 Å². The van der Waals surface area contributed by atoms with Gasteiger partial charge in [0.1, 0.15) is 60.8 Å². The third kappa shape index (κ3) is 16.6. The van der Waals surface area contributed by atoms with Crippen molar-refractivity contribution in [3.8, 4) is 0 Å². The Morgan fingerprint density at radius 3 is 1.42 bits per heavy atom. The molecule has 2 amide bonds. The van der Waals surface area contributed by atoms with Gasteiger partial charge in [-0.05, 0) is 65.6 Å². The second kappa shape index (κ2) is 31.1. The normalized spacial score (nSPS) is 27.3. The fraction of sp³-hybridized carbons (Fsp3) is 0.382. The highest BCUT2D eigenvalue weighted by molar-refractivity contribution is 7.99. The number of imide groups is 1. The van der Waals surface area contributed by atoms with E-state index in [4.69, 9.17) is 73.2 Å². The SMILES string of the molecule is CC(=O)OC[C@H]1O[C@@H](O[C@H]2[C@H](O[C@@H]3O[C@@H](C)[C@@H](OCc4ccccc4)[C@@H](OCc4ccccc4)[C@@H]3OCc3ccccc3)[C@@H](COCc3ccccc3)O[C@@H](Sc3ccc(Cl)cc3)[C@@H]2N2C(=O)c3ccccc3C2=O)[C@H](OC(C)=O)[C@@H](OC(C)=O)[C@H]1OC(C)=O. The number of carbonyl (C=O) groups excluding carboxylic acids is 6. The predicted octanol–water partition coefficient (Wildman–Crippen LogP) is 9.39. The second-order valence-electron chi connectivity index (χ2n) is 21.9. The molecule has 0 spiro atoms. The van der Waals surface area contributed by atoms with Crippen LogP contribution in [0, 0.1) is 0 Å². The van der Waals surface area contributed by atoms with Crippen molar-refractivity contribution in [2.45, 2.75) is 157 Å². The number of nitrogens with zero attached hydrogens (tertiary/aromatic N) is 1. The minimum atomic E-state index is -1.90. The fourth-order valence-corrected chi connectivity index (χ4v) is 12.6. The van der Waals surface area contributed by atoms with E-state index in [0.717, 1.165) is 66.6 Å². The Balaban J connectivity index is 1.16. The maximum Gasteiger partial charge on any atom is 0.303 e. The van der Waals surface area contributed by atoms with Gasteiger partial charge in [-0.25, -0.2) is 0 Å². The van der Waals surface area contributed by atoms with Gasteiger partial charge in [-0.15, -0.1) is 0 Å². The van der Waals surface area contributed by atoms with Crippen molar-refractivity contribution in [3.05, 3.63) is 208 Å². The van der Waals surface area contributed by atoms with Crippen LogP contribution in [0.4, 0.5) is 0 Å². The highest BCUT2D eigenvalue weighted by Crippen LogP contribution is 2.44. The van der Waals surface area contributed by atoms with Gasteiger partial charge in [0.2, 0.25) is 0 Å². The van der Waals surface area contributed by atoms with Crippen LogP contribution in [0.3, 0.4) is 0 Å². The third-order valence-corrected chi connectivity index (χ3v) is 16.7. The van der Waals surface area contributed by atoms with Crippen LogP contribution in [0.2, 0.25) is 5.02 Å². The van der Waals surface area contributed by atoms with Crippen molar-refractivity contribution >= 4 is 59.1 Å². The lowest BCUT2D eigenvalue weighted by atomic mass is 9.94. The van der Waals surface area contributed by atoms with Crippen molar-refractivity contribution in [2.75, 3.05) is 13.2 Å². The molecule has 6 aromatic carbocycles. The number of esters is 4. The molecule has 6 aromatic rings. The quantitative estimate of drug-likeness (QED) is 0.0295. The largest absolute Gasteiger partial charge is 0.463 e. The molecule has 0 saturated carbocycles. The molecule has 4 aliphatic rings. The maximum absolute atomic E-state index is 15.3. The highest BCUT2D eigenvalue weighted by atomic mass is 35.5. The number of rotatable bonds is 25. The van der Waals surface area contributed by atoms with E-state index in [-0.39, 0.29) is 44.2 Å². The molecule has 4 aliphatic heterocycles. The van der Waals surface area contributed by atoms with Crippen LogP contribution in [0.25, 0.3) is 0 Å². The number of halogens is 1. The van der Waals surface area contributed by atoms with Crippen LogP contribution >= 0.6 is 23.4 Å². The smallest absolute Gasteiger partial charge is 0.303 e. The topological polar surface area (TPSA) is 226 Å². The molecule has 90 heavy (non-hydrogen) atoms. The average molecular weight is 1270 g/mol. The molecule has 0 radical (unpaired) electrons. The molecule has 10 rings (SSSR count). The second-order valence-corrected chi connectivity index (χ2v) is 23.5. The minimum Gasteiger partial charge on any atom is -0.463 e. The Morgan fingerprint density at radius 2 is 0.900 bits per heavy atom. The molecule has 22 heteroatoms. The lowest BCUT2D eigenvalue weighted by molar-refractivity contribution is -0.368. The molecule has 0 aliphatic carbocycles. The maximum atomic E-state index is 15.3. The van der Waals surface area contributed by atoms with Gasteiger partial charge < -0.3 is 61.6 Å². The summed E-state index contributed by atoms with van der Waals surface area (Å²) in [7, 11) is 0. The summed E-state index contributed by atoms with van der Waals surface area (Å²) >= 11 is 7.59. The summed E-state index contributed by atoms with van der Waals surface area (Å²) < 4.78 is 86.5. The van der Waals surface area contributed by atoms with Crippen LogP contribution in [0.5, 0.6) is 0 Å². The van der Waals surface area contributed by atoms with Crippen molar-refractivity contribution < 1.29 is 90.3 Å². The number of hydrogen-bond donors (Lipinski definition) is 0. The summed E-state index contributed by atoms with van der Waals surface area (Å²) in [4.78, 5) is 84.6. The Labute approximate surface area is 530 Å². The molecule has 4 heterocycles. The summed E-state index contributed by atoms with van der Waals surface area (Å²) in [6.07, 6.45) is -18.1. The van der Waals surface area contributed by atoms with Gasteiger partial charge in [0, 0.05) is 37.6 Å². The average Bonchev–Trinajstić information content (AvgIpc) is 1.46. The zero-order valence-corrected chi connectivity index (χ0v) is 51.6. The number of ether oxygens (including phenoxy) is 13. The first-order valence-corrected chi connectivity index (χ1v) is 30.7. The van der Waals surface area contributed by atoms with E-state index >= 15 is 9.59 Å². The summed E-state index contributed by atoms with van der Waals surface area (Å²) in [6.45, 7) is 5.77. The summed E-state index contributed by atoms with van der Waals surface area (Å²) in [5, 5.41) is 0.427. The molecule has 0 unspecified atom stereocenters. The zero-order valence-electron chi connectivity index (χ0n) is 50.1. The number of benzene rings is 6. The molecule has 20 nitrogen and oxygen atoms in total. The molecular formula is C68H70ClNO19S. The first kappa shape index (κ1) is 65.6. The molecule has 0 aromatic heterocycles. The Bertz CT molecular complexity index is 3340. The van der Waals surface area contributed by atoms with E-state index in [0.29, 0.717) is 9.92 Å². The van der Waals surface area contributed by atoms with E-state index in [2.05, 4.69) is 0 Å². The van der Waals surface area contributed by atoms with Crippen molar-refractivity contribution in [1.82, 2.24) is 4.90 Å². The van der Waals surface area contributed by atoms with E-state index in [9.17, 15) is 19.2 Å². The van der Waals surface area contributed by atoms with Crippen molar-refractivity contribution in [3.63, 3.8) is 0 Å². The van der Waals surface area contributed by atoms with Crippen molar-refractivity contribution in [2.24, 2.45) is 0 Å². The molecule has 0 N–H and O–H groups in total. The molecule has 0 bridgehead atoms. The standard InChI is InChI=1S/C68H70ClNO19S/c1-40-56(79-35-46-22-12-7-13-23-46)60(80-36-47-24-14-8-15-25-47)62(81-37-48-26-16-9-17-27-48)66(82-40)88-57-53(38-77-34-45-20-10-6-11-21-45)87-68(90-50-32-30-49(69)31-33-50)55(70-64(75)51-28-18-19-29-52(51)65(70)76)59(57)89-67-63(85-44(5)74)61(84-43(4)73)58(83-42(3)72)54(86-67)39-78-41(2)71/h6-33,40,53-63,66-68H,34-39H2,1-5H3/t40-,53+,54+,55+,56+,57+,58-,59+,60+,61-,62-,63+,66-,67-,68-/m0/s1. The Kier molecular flexibility index (Phi) is 22.7. The first-order valence-electron chi connectivity index (χ1n) is 29.5. The van der Waals surface area contributed by atoms with E-state index in [1.165, 1.54) is 12.1 Å². The molecule has 3 fully saturated rings. The van der Waals surface area contributed by atoms with Crippen LogP contribution in [-0.4, -0.2) is 145 Å². The molecule has 474 valence electrons. The number of amides is 2. The summed E-state index contributed by atoms with van der Waals surface area (Å²) in [6, 6.07) is 49.7. The first-order chi connectivity index (χ1) is 43.6. The predicted molar refractivity (Wildman–Crippen MR) is 324 cm³/mol. The van der Waals surface area contributed by atoms with Gasteiger partial charge in [-0.1, -0.05) is 157 Å². The number of fused-ring (bicyclic) bond motifs is 1. The molecule has 15 atom stereocenters. The zero-order chi connectivity index (χ0) is 63.3. The van der Waals surface area contributed by atoms with Gasteiger partial charge in [0.05, 0.1) is 50.3 Å². The van der Waals surface area contributed by atoms with E-state index < -0.39 is 133 Å². The third-order valence-electron chi connectivity index (χ3n) is 15.3. The fourth-order valence-electron chi connectivity index (χ4n) is 11.3. The lowest BCUT2D eigenvalue weighted by Gasteiger charge is -2.52. The van der Waals surface area contributed by atoms with Gasteiger partial charge in [-0.3, -0.25) is 33.7 Å². The van der Waals surface area contributed by atoms with Crippen LogP contribution < -0.4 is 0 Å². The molecule has 3 saturated heterocycles. The van der Waals surface area contributed by atoms with Gasteiger partial charge in [-0.2, -0.15) is 0 Å². The van der Waals surface area contributed by atoms with E-state index in [1.54, 1.807) is 36.4 Å². The van der Waals surface area contributed by atoms with Gasteiger partial charge in [0.25, 0.3) is 11.8 Å². The number of hydrogen-bond acceptors (Lipinski definition) is 20. The van der Waals surface area contributed by atoms with Gasteiger partial charge >= 0.3 is 23.9 Å². The highest BCUT2D eigenvalue weighted by Gasteiger charge is 2.61. The van der Waals surface area contributed by atoms with Crippen molar-refractivity contribution in [1.29, 1.82) is 0 Å². The Morgan fingerprint density at radius 1 is 0.456 bits per heavy atom. The Hall–Kier alpha value is -7.38. The molecular weight excluding hydrogens is 1200 g/mol. The number of carbonyl (C=O) groups is 6. The van der Waals surface area contributed by atoms with Crippen LogP contribution in [0.15, 0.2) is 175 Å². The van der Waals surface area contributed by atoms with E-state index in [1.807, 2.05) is 128 Å². The summed E-state index contributed by atoms with van der Waals surface area (Å²) in [5.41, 5.74) is 2.22. The summed E-state index contributed by atoms with van der Waals surface area (Å²) in [5.74, 6) is -4.87. The van der Waals surface area contributed by atoms with Gasteiger partial charge in [0.15, 0.2) is 30.9 Å². The lowest BCUT2D eigenvalue weighted by Crippen LogP contribution is -2.70. The monoisotopic (exact) mass is 1270 g/mol. The minimum absolute atomic E-state index is 0.0205. The van der Waals surface area contributed by atoms with Crippen LogP contribution in [-0.2, 0) is 107 Å².